The zero-order valence-corrected chi connectivity index (χ0v) is 10.9. The third kappa shape index (κ3) is 2.10. The first kappa shape index (κ1) is 11.8. The lowest BCUT2D eigenvalue weighted by molar-refractivity contribution is 0.111. The van der Waals surface area contributed by atoms with Crippen LogP contribution < -0.4 is 0 Å². The normalized spacial score (nSPS) is 11.8. The number of carbonyl (C=O) groups excluding carboxylic acids is 1. The molecular formula is C10H13N5OS. The Labute approximate surface area is 103 Å². The first-order chi connectivity index (χ1) is 7.93. The zero-order valence-electron chi connectivity index (χ0n) is 10.1. The molecule has 0 saturated carbocycles. The van der Waals surface area contributed by atoms with Crippen molar-refractivity contribution in [3.05, 3.63) is 16.4 Å². The summed E-state index contributed by atoms with van der Waals surface area (Å²) < 4.78 is 1.59. The van der Waals surface area contributed by atoms with E-state index in [-0.39, 0.29) is 5.41 Å². The van der Waals surface area contributed by atoms with Crippen LogP contribution in [0.5, 0.6) is 0 Å². The molecule has 0 radical (unpaired) electrons. The quantitative estimate of drug-likeness (QED) is 0.757. The Morgan fingerprint density at radius 2 is 1.94 bits per heavy atom. The van der Waals surface area contributed by atoms with Gasteiger partial charge in [0, 0.05) is 5.41 Å². The Morgan fingerprint density at radius 1 is 1.24 bits per heavy atom. The van der Waals surface area contributed by atoms with Gasteiger partial charge in [-0.1, -0.05) is 37.3 Å². The Bertz CT molecular complexity index is 551. The second-order valence-electron chi connectivity index (χ2n) is 4.71. The monoisotopic (exact) mass is 251 g/mol. The van der Waals surface area contributed by atoms with Crippen LogP contribution in [0.3, 0.4) is 0 Å². The van der Waals surface area contributed by atoms with Gasteiger partial charge in [0.2, 0.25) is 5.13 Å². The van der Waals surface area contributed by atoms with E-state index in [1.165, 1.54) is 11.3 Å². The molecule has 2 rings (SSSR count). The molecule has 0 N–H and O–H groups in total. The Balaban J connectivity index is 2.63. The molecule has 0 aliphatic rings. The van der Waals surface area contributed by atoms with E-state index in [2.05, 4.69) is 20.5 Å². The maximum Gasteiger partial charge on any atom is 0.234 e. The molecule has 0 saturated heterocycles. The number of hydrogen-bond donors (Lipinski definition) is 0. The van der Waals surface area contributed by atoms with Gasteiger partial charge in [-0.2, -0.15) is 4.68 Å². The van der Waals surface area contributed by atoms with Gasteiger partial charge in [-0.15, -0.1) is 15.3 Å². The van der Waals surface area contributed by atoms with E-state index in [1.807, 2.05) is 27.7 Å². The summed E-state index contributed by atoms with van der Waals surface area (Å²) in [4.78, 5) is 11.0. The molecule has 0 aliphatic carbocycles. The SMILES string of the molecule is Cc1nnc(-n2nnc(C=O)c2C(C)(C)C)s1. The van der Waals surface area contributed by atoms with Crippen LogP contribution in [-0.2, 0) is 5.41 Å². The molecule has 0 aromatic carbocycles. The number of nitrogens with zero attached hydrogens (tertiary/aromatic N) is 5. The molecule has 0 unspecified atom stereocenters. The fourth-order valence-electron chi connectivity index (χ4n) is 1.58. The maximum atomic E-state index is 11.0. The highest BCUT2D eigenvalue weighted by Crippen LogP contribution is 2.27. The van der Waals surface area contributed by atoms with Gasteiger partial charge in [0.1, 0.15) is 10.7 Å². The van der Waals surface area contributed by atoms with Crippen molar-refractivity contribution in [3.63, 3.8) is 0 Å². The molecule has 0 aliphatic heterocycles. The summed E-state index contributed by atoms with van der Waals surface area (Å²) in [6, 6.07) is 0. The number of hydrogen-bond acceptors (Lipinski definition) is 6. The van der Waals surface area contributed by atoms with Crippen molar-refractivity contribution in [1.82, 2.24) is 25.2 Å². The molecule has 7 heteroatoms. The van der Waals surface area contributed by atoms with Crippen LogP contribution in [0.2, 0.25) is 0 Å². The molecule has 0 atom stereocenters. The van der Waals surface area contributed by atoms with Gasteiger partial charge in [-0.25, -0.2) is 0 Å². The molecule has 0 fully saturated rings. The topological polar surface area (TPSA) is 73.6 Å². The van der Waals surface area contributed by atoms with E-state index in [1.54, 1.807) is 4.68 Å². The summed E-state index contributed by atoms with van der Waals surface area (Å²) in [6.45, 7) is 7.88. The van der Waals surface area contributed by atoms with Gasteiger partial charge < -0.3 is 0 Å². The predicted molar refractivity (Wildman–Crippen MR) is 63.7 cm³/mol. The van der Waals surface area contributed by atoms with Gasteiger partial charge in [-0.05, 0) is 6.92 Å². The maximum absolute atomic E-state index is 11.0. The van der Waals surface area contributed by atoms with E-state index >= 15 is 0 Å². The summed E-state index contributed by atoms with van der Waals surface area (Å²) in [6.07, 6.45) is 0.720. The Hall–Kier alpha value is -1.63. The van der Waals surface area contributed by atoms with Gasteiger partial charge >= 0.3 is 0 Å². The lowest BCUT2D eigenvalue weighted by atomic mass is 9.90. The summed E-state index contributed by atoms with van der Waals surface area (Å²) in [5.74, 6) is 0. The fraction of sp³-hybridized carbons (Fsp3) is 0.500. The minimum Gasteiger partial charge on any atom is -0.296 e. The highest BCUT2D eigenvalue weighted by Gasteiger charge is 2.27. The predicted octanol–water partition coefficient (Wildman–Crippen LogP) is 1.54. The van der Waals surface area contributed by atoms with E-state index in [4.69, 9.17) is 0 Å². The minimum absolute atomic E-state index is 0.237. The average Bonchev–Trinajstić information content (AvgIpc) is 2.81. The van der Waals surface area contributed by atoms with Crippen molar-refractivity contribution in [2.45, 2.75) is 33.1 Å². The summed E-state index contributed by atoms with van der Waals surface area (Å²) >= 11 is 1.42. The molecule has 90 valence electrons. The lowest BCUT2D eigenvalue weighted by Gasteiger charge is -2.18. The van der Waals surface area contributed by atoms with Crippen LogP contribution >= 0.6 is 11.3 Å². The van der Waals surface area contributed by atoms with E-state index < -0.39 is 0 Å². The van der Waals surface area contributed by atoms with Crippen molar-refractivity contribution >= 4 is 17.6 Å². The number of aldehydes is 1. The van der Waals surface area contributed by atoms with Crippen LogP contribution in [0.25, 0.3) is 5.13 Å². The van der Waals surface area contributed by atoms with Crippen LogP contribution in [-0.4, -0.2) is 31.5 Å². The Morgan fingerprint density at radius 3 is 2.41 bits per heavy atom. The third-order valence-electron chi connectivity index (χ3n) is 2.21. The van der Waals surface area contributed by atoms with Crippen LogP contribution in [0.15, 0.2) is 0 Å². The highest BCUT2D eigenvalue weighted by molar-refractivity contribution is 7.13. The summed E-state index contributed by atoms with van der Waals surface area (Å²) in [5.41, 5.74) is 0.869. The standard InChI is InChI=1S/C10H13N5OS/c1-6-11-13-9(17-6)15-8(10(2,3)4)7(5-16)12-14-15/h5H,1-4H3. The van der Waals surface area contributed by atoms with Crippen molar-refractivity contribution in [3.8, 4) is 5.13 Å². The summed E-state index contributed by atoms with van der Waals surface area (Å²) in [7, 11) is 0. The number of aromatic nitrogens is 5. The number of carbonyl (C=O) groups is 1. The molecule has 2 heterocycles. The minimum atomic E-state index is -0.237. The first-order valence-electron chi connectivity index (χ1n) is 5.15. The van der Waals surface area contributed by atoms with E-state index in [0.717, 1.165) is 17.0 Å². The van der Waals surface area contributed by atoms with E-state index in [0.29, 0.717) is 10.8 Å². The molecule has 0 bridgehead atoms. The molecule has 2 aromatic heterocycles. The largest absolute Gasteiger partial charge is 0.296 e. The van der Waals surface area contributed by atoms with Crippen LogP contribution in [0.1, 0.15) is 42.0 Å². The van der Waals surface area contributed by atoms with Crippen molar-refractivity contribution in [1.29, 1.82) is 0 Å². The van der Waals surface area contributed by atoms with Crippen molar-refractivity contribution in [2.75, 3.05) is 0 Å². The molecular weight excluding hydrogens is 238 g/mol. The van der Waals surface area contributed by atoms with Crippen molar-refractivity contribution in [2.24, 2.45) is 0 Å². The van der Waals surface area contributed by atoms with Gasteiger partial charge in [0.05, 0.1) is 5.69 Å². The molecule has 6 nitrogen and oxygen atoms in total. The Kier molecular flexibility index (Phi) is 2.78. The second kappa shape index (κ2) is 3.99. The van der Waals surface area contributed by atoms with Gasteiger partial charge in [0.15, 0.2) is 6.29 Å². The van der Waals surface area contributed by atoms with Crippen LogP contribution in [0.4, 0.5) is 0 Å². The zero-order chi connectivity index (χ0) is 12.6. The van der Waals surface area contributed by atoms with Gasteiger partial charge in [0.25, 0.3) is 0 Å². The fourth-order valence-corrected chi connectivity index (χ4v) is 2.22. The van der Waals surface area contributed by atoms with E-state index in [9.17, 15) is 4.79 Å². The van der Waals surface area contributed by atoms with Gasteiger partial charge in [-0.3, -0.25) is 4.79 Å². The van der Waals surface area contributed by atoms with Crippen LogP contribution in [0, 0.1) is 6.92 Å². The first-order valence-corrected chi connectivity index (χ1v) is 5.97. The number of aryl methyl sites for hydroxylation is 1. The molecule has 0 spiro atoms. The second-order valence-corrected chi connectivity index (χ2v) is 5.87. The average molecular weight is 251 g/mol. The smallest absolute Gasteiger partial charge is 0.234 e. The lowest BCUT2D eigenvalue weighted by Crippen LogP contribution is -2.19. The van der Waals surface area contributed by atoms with Crippen molar-refractivity contribution < 1.29 is 4.79 Å². The molecule has 2 aromatic rings. The summed E-state index contributed by atoms with van der Waals surface area (Å²) in [5, 5.41) is 17.3. The third-order valence-corrected chi connectivity index (χ3v) is 3.03. The molecule has 0 amide bonds. The highest BCUT2D eigenvalue weighted by atomic mass is 32.1. The number of rotatable bonds is 2. The molecule has 17 heavy (non-hydrogen) atoms.